The van der Waals surface area contributed by atoms with Crippen LogP contribution in [0.1, 0.15) is 33.1 Å². The lowest BCUT2D eigenvalue weighted by atomic mass is 10.1. The second kappa shape index (κ2) is 9.22. The van der Waals surface area contributed by atoms with E-state index in [2.05, 4.69) is 10.6 Å². The molecule has 0 heterocycles. The van der Waals surface area contributed by atoms with E-state index >= 15 is 0 Å². The van der Waals surface area contributed by atoms with Crippen molar-refractivity contribution in [2.45, 2.75) is 39.2 Å². The molecule has 1 fully saturated rings. The fourth-order valence-corrected chi connectivity index (χ4v) is 2.54. The normalized spacial score (nSPS) is 13.2. The zero-order valence-electron chi connectivity index (χ0n) is 15.6. The maximum atomic E-state index is 12.3. The van der Waals surface area contributed by atoms with E-state index in [-0.39, 0.29) is 42.8 Å². The van der Waals surface area contributed by atoms with Crippen molar-refractivity contribution < 1.29 is 19.1 Å². The van der Waals surface area contributed by atoms with E-state index in [1.807, 2.05) is 13.8 Å². The summed E-state index contributed by atoms with van der Waals surface area (Å²) in [6, 6.07) is 7.08. The number of methoxy groups -OCH3 is 1. The molecule has 142 valence electrons. The second-order valence-corrected chi connectivity index (χ2v) is 6.90. The number of benzene rings is 1. The topological polar surface area (TPSA) is 87.7 Å². The third-order valence-electron chi connectivity index (χ3n) is 4.02. The van der Waals surface area contributed by atoms with Gasteiger partial charge in [0, 0.05) is 18.2 Å². The molecule has 0 radical (unpaired) electrons. The summed E-state index contributed by atoms with van der Waals surface area (Å²) in [4.78, 5) is 38.0. The van der Waals surface area contributed by atoms with Crippen LogP contribution in [-0.4, -0.2) is 48.9 Å². The summed E-state index contributed by atoms with van der Waals surface area (Å²) in [5.74, 6) is 0.304. The molecule has 1 aliphatic rings. The summed E-state index contributed by atoms with van der Waals surface area (Å²) in [7, 11) is 1.57. The molecule has 7 nitrogen and oxygen atoms in total. The molecule has 0 unspecified atom stereocenters. The lowest BCUT2D eigenvalue weighted by Crippen LogP contribution is -2.44. The minimum Gasteiger partial charge on any atom is -0.497 e. The number of nitrogens with one attached hydrogen (secondary N) is 2. The predicted octanol–water partition coefficient (Wildman–Crippen LogP) is 1.79. The van der Waals surface area contributed by atoms with Crippen molar-refractivity contribution in [3.63, 3.8) is 0 Å². The molecule has 1 aromatic rings. The second-order valence-electron chi connectivity index (χ2n) is 6.90. The van der Waals surface area contributed by atoms with E-state index in [1.54, 1.807) is 36.3 Å². The number of carbonyl (C=O) groups excluding carboxylic acids is 3. The van der Waals surface area contributed by atoms with Crippen LogP contribution in [0.3, 0.4) is 0 Å². The lowest BCUT2D eigenvalue weighted by Gasteiger charge is -2.22. The van der Waals surface area contributed by atoms with Gasteiger partial charge >= 0.3 is 0 Å². The maximum absolute atomic E-state index is 12.3. The van der Waals surface area contributed by atoms with Crippen LogP contribution >= 0.6 is 0 Å². The molecule has 0 aliphatic heterocycles. The Morgan fingerprint density at radius 1 is 1.15 bits per heavy atom. The van der Waals surface area contributed by atoms with Gasteiger partial charge in [-0.1, -0.05) is 13.8 Å². The Morgan fingerprint density at radius 3 is 2.35 bits per heavy atom. The Balaban J connectivity index is 1.77. The Hall–Kier alpha value is -2.57. The SMILES string of the molecule is COc1ccc(NC(=O)CNC(=O)CN(C(=O)CC(C)C)C2CC2)cc1. The van der Waals surface area contributed by atoms with Crippen LogP contribution in [0.2, 0.25) is 0 Å². The van der Waals surface area contributed by atoms with E-state index in [4.69, 9.17) is 4.74 Å². The fourth-order valence-electron chi connectivity index (χ4n) is 2.54. The number of rotatable bonds is 9. The first kappa shape index (κ1) is 19.8. The van der Waals surface area contributed by atoms with Crippen LogP contribution in [0.25, 0.3) is 0 Å². The third-order valence-corrected chi connectivity index (χ3v) is 4.02. The first-order valence-corrected chi connectivity index (χ1v) is 8.89. The zero-order valence-corrected chi connectivity index (χ0v) is 15.6. The van der Waals surface area contributed by atoms with Crippen LogP contribution in [0.4, 0.5) is 5.69 Å². The first-order valence-electron chi connectivity index (χ1n) is 8.89. The highest BCUT2D eigenvalue weighted by Gasteiger charge is 2.33. The minimum absolute atomic E-state index is 0.000310. The van der Waals surface area contributed by atoms with Crippen molar-refractivity contribution in [3.05, 3.63) is 24.3 Å². The van der Waals surface area contributed by atoms with E-state index < -0.39 is 0 Å². The lowest BCUT2D eigenvalue weighted by molar-refractivity contribution is -0.137. The number of anilines is 1. The molecule has 2 rings (SSSR count). The highest BCUT2D eigenvalue weighted by molar-refractivity contribution is 5.95. The monoisotopic (exact) mass is 361 g/mol. The van der Waals surface area contributed by atoms with Gasteiger partial charge in [-0.3, -0.25) is 14.4 Å². The molecule has 1 aromatic carbocycles. The van der Waals surface area contributed by atoms with Gasteiger partial charge in [0.1, 0.15) is 5.75 Å². The van der Waals surface area contributed by atoms with Gasteiger partial charge < -0.3 is 20.3 Å². The number of nitrogens with zero attached hydrogens (tertiary/aromatic N) is 1. The Labute approximate surface area is 154 Å². The van der Waals surface area contributed by atoms with Crippen LogP contribution in [0.15, 0.2) is 24.3 Å². The van der Waals surface area contributed by atoms with Gasteiger partial charge in [0.25, 0.3) is 0 Å². The zero-order chi connectivity index (χ0) is 19.1. The fraction of sp³-hybridized carbons (Fsp3) is 0.526. The quantitative estimate of drug-likeness (QED) is 0.702. The molecule has 0 aromatic heterocycles. The van der Waals surface area contributed by atoms with Gasteiger partial charge in [0.05, 0.1) is 20.2 Å². The smallest absolute Gasteiger partial charge is 0.243 e. The van der Waals surface area contributed by atoms with E-state index in [1.165, 1.54) is 0 Å². The van der Waals surface area contributed by atoms with Crippen molar-refractivity contribution in [1.82, 2.24) is 10.2 Å². The predicted molar refractivity (Wildman–Crippen MR) is 98.8 cm³/mol. The number of amides is 3. The molecule has 7 heteroatoms. The number of ether oxygens (including phenoxy) is 1. The minimum atomic E-state index is -0.324. The highest BCUT2D eigenvalue weighted by atomic mass is 16.5. The number of carbonyl (C=O) groups is 3. The van der Waals surface area contributed by atoms with Crippen molar-refractivity contribution >= 4 is 23.4 Å². The molecule has 0 saturated heterocycles. The van der Waals surface area contributed by atoms with Crippen molar-refractivity contribution in [1.29, 1.82) is 0 Å². The Bertz CT molecular complexity index is 639. The van der Waals surface area contributed by atoms with E-state index in [9.17, 15) is 14.4 Å². The van der Waals surface area contributed by atoms with Crippen LogP contribution in [-0.2, 0) is 14.4 Å². The summed E-state index contributed by atoms with van der Waals surface area (Å²) >= 11 is 0. The Kier molecular flexibility index (Phi) is 7.00. The van der Waals surface area contributed by atoms with Crippen molar-refractivity contribution in [2.75, 3.05) is 25.5 Å². The Morgan fingerprint density at radius 2 is 1.81 bits per heavy atom. The highest BCUT2D eigenvalue weighted by Crippen LogP contribution is 2.27. The number of hydrogen-bond donors (Lipinski definition) is 2. The van der Waals surface area contributed by atoms with Crippen LogP contribution < -0.4 is 15.4 Å². The average molecular weight is 361 g/mol. The molecular weight excluding hydrogens is 334 g/mol. The molecule has 26 heavy (non-hydrogen) atoms. The molecule has 1 saturated carbocycles. The van der Waals surface area contributed by atoms with E-state index in [0.29, 0.717) is 17.9 Å². The summed E-state index contributed by atoms with van der Waals surface area (Å²) in [5.41, 5.74) is 0.622. The van der Waals surface area contributed by atoms with Crippen LogP contribution in [0.5, 0.6) is 5.75 Å². The van der Waals surface area contributed by atoms with Gasteiger partial charge in [0.2, 0.25) is 17.7 Å². The van der Waals surface area contributed by atoms with E-state index in [0.717, 1.165) is 12.8 Å². The molecule has 3 amide bonds. The molecule has 2 N–H and O–H groups in total. The van der Waals surface area contributed by atoms with Crippen molar-refractivity contribution in [2.24, 2.45) is 5.92 Å². The van der Waals surface area contributed by atoms with Gasteiger partial charge in [-0.25, -0.2) is 0 Å². The largest absolute Gasteiger partial charge is 0.497 e. The first-order chi connectivity index (χ1) is 12.4. The summed E-state index contributed by atoms with van der Waals surface area (Å²) in [5, 5.41) is 5.27. The number of hydrogen-bond acceptors (Lipinski definition) is 4. The van der Waals surface area contributed by atoms with Crippen LogP contribution in [0, 0.1) is 5.92 Å². The molecule has 1 aliphatic carbocycles. The summed E-state index contributed by atoms with van der Waals surface area (Å²) in [6.45, 7) is 3.83. The molecule has 0 atom stereocenters. The van der Waals surface area contributed by atoms with Gasteiger partial charge in [-0.15, -0.1) is 0 Å². The average Bonchev–Trinajstić information content (AvgIpc) is 3.42. The van der Waals surface area contributed by atoms with Crippen molar-refractivity contribution in [3.8, 4) is 5.75 Å². The third kappa shape index (κ3) is 6.38. The molecule has 0 spiro atoms. The molecule has 0 bridgehead atoms. The van der Waals surface area contributed by atoms with Gasteiger partial charge in [-0.05, 0) is 43.0 Å². The standard InChI is InChI=1S/C19H27N3O4/c1-13(2)10-19(25)22(15-6-7-15)12-18(24)20-11-17(23)21-14-4-8-16(26-3)9-5-14/h4-5,8-9,13,15H,6-7,10-12H2,1-3H3,(H,20,24)(H,21,23). The summed E-state index contributed by atoms with van der Waals surface area (Å²) in [6.07, 6.45) is 2.31. The van der Waals surface area contributed by atoms with Gasteiger partial charge in [0.15, 0.2) is 0 Å². The molecular formula is C19H27N3O4. The maximum Gasteiger partial charge on any atom is 0.243 e. The summed E-state index contributed by atoms with van der Waals surface area (Å²) < 4.78 is 5.06. The van der Waals surface area contributed by atoms with Gasteiger partial charge in [-0.2, -0.15) is 0 Å².